The molecule has 0 bridgehead atoms. The maximum atomic E-state index is 13.6. The molecule has 1 amide bonds. The van der Waals surface area contributed by atoms with Crippen molar-refractivity contribution in [1.82, 2.24) is 30.2 Å². The Morgan fingerprint density at radius 3 is 2.50 bits per heavy atom. The van der Waals surface area contributed by atoms with Crippen molar-refractivity contribution >= 4 is 5.91 Å². The van der Waals surface area contributed by atoms with E-state index in [0.29, 0.717) is 29.5 Å². The van der Waals surface area contributed by atoms with E-state index in [0.717, 1.165) is 63.0 Å². The van der Waals surface area contributed by atoms with Gasteiger partial charge in [0.05, 0.1) is 31.5 Å². The van der Waals surface area contributed by atoms with E-state index in [1.54, 1.807) is 14.2 Å². The zero-order valence-electron chi connectivity index (χ0n) is 22.4. The molecule has 5 rings (SSSR count). The Bertz CT molecular complexity index is 1160. The van der Waals surface area contributed by atoms with E-state index < -0.39 is 0 Å². The van der Waals surface area contributed by atoms with Crippen LogP contribution in [0.25, 0.3) is 11.3 Å². The quantitative estimate of drug-likeness (QED) is 0.398. The summed E-state index contributed by atoms with van der Waals surface area (Å²) in [6, 6.07) is 7.66. The molecule has 2 fully saturated rings. The molecule has 3 aromatic rings. The van der Waals surface area contributed by atoms with Gasteiger partial charge in [-0.05, 0) is 63.4 Å². The number of likely N-dealkylation sites (tertiary alicyclic amines) is 1. The molecule has 2 aliphatic rings. The third kappa shape index (κ3) is 6.01. The zero-order chi connectivity index (χ0) is 26.3. The minimum atomic E-state index is -0.208. The minimum Gasteiger partial charge on any atom is -0.496 e. The Morgan fingerprint density at radius 1 is 1.11 bits per heavy atom. The highest BCUT2D eigenvalue weighted by molar-refractivity contribution is 5.94. The highest BCUT2D eigenvalue weighted by atomic mass is 16.5. The molecule has 204 valence electrons. The van der Waals surface area contributed by atoms with Gasteiger partial charge in [-0.2, -0.15) is 5.10 Å². The first-order valence-corrected chi connectivity index (χ1v) is 13.8. The largest absolute Gasteiger partial charge is 0.496 e. The molecule has 1 saturated carbocycles. The topological polar surface area (TPSA) is 108 Å². The summed E-state index contributed by atoms with van der Waals surface area (Å²) in [4.78, 5) is 16.1. The number of amides is 1. The predicted molar refractivity (Wildman–Crippen MR) is 142 cm³/mol. The third-order valence-electron chi connectivity index (χ3n) is 7.73. The first kappa shape index (κ1) is 26.2. The third-order valence-corrected chi connectivity index (χ3v) is 7.73. The Kier molecular flexibility index (Phi) is 8.58. The summed E-state index contributed by atoms with van der Waals surface area (Å²) in [5.41, 5.74) is 2.02. The molecule has 1 unspecified atom stereocenters. The van der Waals surface area contributed by atoms with Gasteiger partial charge in [-0.15, -0.1) is 10.2 Å². The highest BCUT2D eigenvalue weighted by Crippen LogP contribution is 2.41. The molecular formula is C28H38N6O4. The van der Waals surface area contributed by atoms with Gasteiger partial charge in [0.1, 0.15) is 11.5 Å². The van der Waals surface area contributed by atoms with Crippen molar-refractivity contribution in [1.29, 1.82) is 0 Å². The first-order valence-electron chi connectivity index (χ1n) is 13.8. The Morgan fingerprint density at radius 2 is 1.84 bits per heavy atom. The Balaban J connectivity index is 1.41. The summed E-state index contributed by atoms with van der Waals surface area (Å²) in [6.07, 6.45) is 10.7. The fourth-order valence-electron chi connectivity index (χ4n) is 5.72. The van der Waals surface area contributed by atoms with Gasteiger partial charge in [0.2, 0.25) is 12.3 Å². The van der Waals surface area contributed by atoms with E-state index in [4.69, 9.17) is 19.0 Å². The van der Waals surface area contributed by atoms with Crippen LogP contribution in [0.15, 0.2) is 35.1 Å². The SMILES string of the molecule is COc1cccc(OC)c1-c1cc(C(=O)NC(CCN2CCCCC2)Cc2nnco2)nn1C1CCCC1. The lowest BCUT2D eigenvalue weighted by molar-refractivity contribution is 0.0922. The normalized spacial score (nSPS) is 17.4. The molecule has 1 aliphatic heterocycles. The number of methoxy groups -OCH3 is 2. The lowest BCUT2D eigenvalue weighted by atomic mass is 10.1. The van der Waals surface area contributed by atoms with Crippen LogP contribution in [0.2, 0.25) is 0 Å². The van der Waals surface area contributed by atoms with Gasteiger partial charge in [-0.25, -0.2) is 0 Å². The van der Waals surface area contributed by atoms with E-state index in [-0.39, 0.29) is 18.0 Å². The van der Waals surface area contributed by atoms with Gasteiger partial charge in [-0.1, -0.05) is 25.3 Å². The van der Waals surface area contributed by atoms with Crippen LogP contribution in [0.4, 0.5) is 0 Å². The number of hydrogen-bond acceptors (Lipinski definition) is 8. The number of nitrogens with zero attached hydrogens (tertiary/aromatic N) is 5. The van der Waals surface area contributed by atoms with Gasteiger partial charge in [-0.3, -0.25) is 9.48 Å². The number of aromatic nitrogens is 4. The fraction of sp³-hybridized carbons (Fsp3) is 0.571. The molecule has 0 spiro atoms. The van der Waals surface area contributed by atoms with Crippen molar-refractivity contribution in [3.63, 3.8) is 0 Å². The number of piperidine rings is 1. The molecule has 3 heterocycles. The Hall–Kier alpha value is -3.40. The lowest BCUT2D eigenvalue weighted by Crippen LogP contribution is -2.40. The van der Waals surface area contributed by atoms with E-state index in [1.165, 1.54) is 25.7 Å². The van der Waals surface area contributed by atoms with Crippen LogP contribution >= 0.6 is 0 Å². The van der Waals surface area contributed by atoms with Crippen molar-refractivity contribution in [2.24, 2.45) is 0 Å². The van der Waals surface area contributed by atoms with Gasteiger partial charge in [0, 0.05) is 19.0 Å². The number of carbonyl (C=O) groups is 1. The molecule has 1 saturated heterocycles. The molecule has 1 aromatic carbocycles. The maximum absolute atomic E-state index is 13.6. The maximum Gasteiger partial charge on any atom is 0.272 e. The van der Waals surface area contributed by atoms with Crippen molar-refractivity contribution in [2.45, 2.75) is 69.9 Å². The van der Waals surface area contributed by atoms with E-state index in [1.807, 2.05) is 28.9 Å². The molecule has 0 radical (unpaired) electrons. The molecular weight excluding hydrogens is 484 g/mol. The first-order chi connectivity index (χ1) is 18.7. The van der Waals surface area contributed by atoms with Gasteiger partial charge < -0.3 is 24.1 Å². The molecule has 1 aliphatic carbocycles. The van der Waals surface area contributed by atoms with Gasteiger partial charge in [0.15, 0.2) is 5.69 Å². The van der Waals surface area contributed by atoms with Crippen molar-refractivity contribution in [2.75, 3.05) is 33.9 Å². The molecule has 1 atom stereocenters. The highest BCUT2D eigenvalue weighted by Gasteiger charge is 2.28. The zero-order valence-corrected chi connectivity index (χ0v) is 22.4. The van der Waals surface area contributed by atoms with Gasteiger partial charge in [0.25, 0.3) is 5.91 Å². The monoisotopic (exact) mass is 522 g/mol. The number of benzene rings is 1. The summed E-state index contributed by atoms with van der Waals surface area (Å²) in [5.74, 6) is 1.68. The van der Waals surface area contributed by atoms with Gasteiger partial charge >= 0.3 is 0 Å². The minimum absolute atomic E-state index is 0.147. The van der Waals surface area contributed by atoms with Crippen LogP contribution < -0.4 is 14.8 Å². The number of ether oxygens (including phenoxy) is 2. The smallest absolute Gasteiger partial charge is 0.272 e. The summed E-state index contributed by atoms with van der Waals surface area (Å²) in [5, 5.41) is 15.9. The number of rotatable bonds is 11. The van der Waals surface area contributed by atoms with Crippen LogP contribution in [-0.2, 0) is 6.42 Å². The summed E-state index contributed by atoms with van der Waals surface area (Å²) in [7, 11) is 3.29. The molecule has 10 heteroatoms. The second-order valence-corrected chi connectivity index (χ2v) is 10.2. The number of nitrogens with one attached hydrogen (secondary N) is 1. The van der Waals surface area contributed by atoms with Crippen molar-refractivity contribution in [3.05, 3.63) is 42.2 Å². The standard InChI is InChI=1S/C28H38N6O4/c1-36-24-11-8-12-25(37-2)27(24)23-18-22(32-34(23)21-9-4-5-10-21)28(35)30-20(17-26-31-29-19-38-26)13-16-33-14-6-3-7-15-33/h8,11-12,18-21H,3-7,9-10,13-17H2,1-2H3,(H,30,35). The molecule has 10 nitrogen and oxygen atoms in total. The second kappa shape index (κ2) is 12.4. The van der Waals surface area contributed by atoms with Crippen LogP contribution in [0.3, 0.4) is 0 Å². The molecule has 38 heavy (non-hydrogen) atoms. The lowest BCUT2D eigenvalue weighted by Gasteiger charge is -2.28. The van der Waals surface area contributed by atoms with E-state index in [2.05, 4.69) is 20.4 Å². The average molecular weight is 523 g/mol. The fourth-order valence-corrected chi connectivity index (χ4v) is 5.72. The number of hydrogen-bond donors (Lipinski definition) is 1. The van der Waals surface area contributed by atoms with E-state index >= 15 is 0 Å². The van der Waals surface area contributed by atoms with Crippen molar-refractivity contribution < 1.29 is 18.7 Å². The van der Waals surface area contributed by atoms with Crippen LogP contribution in [0, 0.1) is 0 Å². The molecule has 2 aromatic heterocycles. The molecule has 1 N–H and O–H groups in total. The van der Waals surface area contributed by atoms with Crippen molar-refractivity contribution in [3.8, 4) is 22.8 Å². The summed E-state index contributed by atoms with van der Waals surface area (Å²) < 4.78 is 18.8. The second-order valence-electron chi connectivity index (χ2n) is 10.2. The average Bonchev–Trinajstić information content (AvgIpc) is 3.74. The number of carbonyl (C=O) groups excluding carboxylic acids is 1. The predicted octanol–water partition coefficient (Wildman–Crippen LogP) is 4.28. The van der Waals surface area contributed by atoms with E-state index in [9.17, 15) is 4.79 Å². The Labute approximate surface area is 223 Å². The van der Waals surface area contributed by atoms with Crippen LogP contribution in [0.5, 0.6) is 11.5 Å². The van der Waals surface area contributed by atoms with Crippen LogP contribution in [-0.4, -0.2) is 70.7 Å². The van der Waals surface area contributed by atoms with Crippen LogP contribution in [0.1, 0.15) is 73.8 Å². The summed E-state index contributed by atoms with van der Waals surface area (Å²) in [6.45, 7) is 3.13. The summed E-state index contributed by atoms with van der Waals surface area (Å²) >= 11 is 0.